The number of pyridine rings is 1. The fourth-order valence-electron chi connectivity index (χ4n) is 2.87. The number of carbonyl (C=O) groups is 1. The first-order valence-electron chi connectivity index (χ1n) is 8.80. The monoisotopic (exact) mass is 384 g/mol. The number of benzene rings is 2. The SMILES string of the molecule is CCOC(=O)c1cnc2c(C)c(Cl)ccc2c1Nc1ccccc1OCC. The highest BCUT2D eigenvalue weighted by Gasteiger charge is 2.19. The van der Waals surface area contributed by atoms with Crippen LogP contribution in [-0.4, -0.2) is 24.2 Å². The van der Waals surface area contributed by atoms with Gasteiger partial charge in [0.25, 0.3) is 0 Å². The predicted octanol–water partition coefficient (Wildman–Crippen LogP) is 5.52. The van der Waals surface area contributed by atoms with Gasteiger partial charge in [-0.3, -0.25) is 4.98 Å². The maximum Gasteiger partial charge on any atom is 0.341 e. The molecule has 0 unspecified atom stereocenters. The molecule has 0 fully saturated rings. The molecule has 0 bridgehead atoms. The second-order valence-corrected chi connectivity index (χ2v) is 6.30. The molecular formula is C21H21ClN2O3. The van der Waals surface area contributed by atoms with Gasteiger partial charge in [-0.05, 0) is 50.6 Å². The topological polar surface area (TPSA) is 60.5 Å². The zero-order chi connectivity index (χ0) is 19.4. The highest BCUT2D eigenvalue weighted by molar-refractivity contribution is 6.32. The molecule has 0 radical (unpaired) electrons. The number of rotatable bonds is 6. The molecule has 0 spiro atoms. The maximum absolute atomic E-state index is 12.5. The first-order valence-corrected chi connectivity index (χ1v) is 9.18. The Morgan fingerprint density at radius 3 is 2.67 bits per heavy atom. The number of carbonyl (C=O) groups excluding carboxylic acids is 1. The normalized spacial score (nSPS) is 10.7. The van der Waals surface area contributed by atoms with Crippen LogP contribution in [0.15, 0.2) is 42.6 Å². The van der Waals surface area contributed by atoms with Crippen molar-refractivity contribution < 1.29 is 14.3 Å². The number of nitrogens with zero attached hydrogens (tertiary/aromatic N) is 1. The predicted molar refractivity (Wildman–Crippen MR) is 108 cm³/mol. The number of para-hydroxylation sites is 2. The fourth-order valence-corrected chi connectivity index (χ4v) is 3.02. The molecule has 5 nitrogen and oxygen atoms in total. The van der Waals surface area contributed by atoms with Gasteiger partial charge in [-0.25, -0.2) is 4.79 Å². The van der Waals surface area contributed by atoms with Crippen molar-refractivity contribution in [3.8, 4) is 5.75 Å². The zero-order valence-electron chi connectivity index (χ0n) is 15.5. The van der Waals surface area contributed by atoms with Gasteiger partial charge in [0.1, 0.15) is 11.3 Å². The van der Waals surface area contributed by atoms with Gasteiger partial charge in [-0.2, -0.15) is 0 Å². The third-order valence-electron chi connectivity index (χ3n) is 4.17. The van der Waals surface area contributed by atoms with Crippen LogP contribution in [0.3, 0.4) is 0 Å². The Balaban J connectivity index is 2.20. The lowest BCUT2D eigenvalue weighted by Gasteiger charge is -2.17. The lowest BCUT2D eigenvalue weighted by molar-refractivity contribution is 0.0527. The molecule has 0 atom stereocenters. The number of nitrogens with one attached hydrogen (secondary N) is 1. The van der Waals surface area contributed by atoms with E-state index in [4.69, 9.17) is 21.1 Å². The third kappa shape index (κ3) is 3.83. The van der Waals surface area contributed by atoms with E-state index in [9.17, 15) is 4.79 Å². The van der Waals surface area contributed by atoms with Gasteiger partial charge >= 0.3 is 5.97 Å². The van der Waals surface area contributed by atoms with Crippen molar-refractivity contribution in [1.29, 1.82) is 0 Å². The lowest BCUT2D eigenvalue weighted by atomic mass is 10.1. The number of fused-ring (bicyclic) bond motifs is 1. The van der Waals surface area contributed by atoms with Crippen molar-refractivity contribution in [2.45, 2.75) is 20.8 Å². The Morgan fingerprint density at radius 1 is 1.15 bits per heavy atom. The van der Waals surface area contributed by atoms with Crippen LogP contribution < -0.4 is 10.1 Å². The summed E-state index contributed by atoms with van der Waals surface area (Å²) in [5.41, 5.74) is 3.31. The summed E-state index contributed by atoms with van der Waals surface area (Å²) < 4.78 is 10.9. The van der Waals surface area contributed by atoms with Crippen LogP contribution in [0.5, 0.6) is 5.75 Å². The minimum absolute atomic E-state index is 0.283. The van der Waals surface area contributed by atoms with E-state index >= 15 is 0 Å². The standard InChI is InChI=1S/C21H21ClN2O3/c1-4-26-18-9-7-6-8-17(18)24-20-14-10-11-16(22)13(3)19(14)23-12-15(20)21(25)27-5-2/h6-12H,4-5H2,1-3H3,(H,23,24). The fraction of sp³-hybridized carbons (Fsp3) is 0.238. The van der Waals surface area contributed by atoms with Crippen molar-refractivity contribution in [2.75, 3.05) is 18.5 Å². The van der Waals surface area contributed by atoms with Crippen LogP contribution in [0.4, 0.5) is 11.4 Å². The summed E-state index contributed by atoms with van der Waals surface area (Å²) in [6.07, 6.45) is 1.52. The Labute approximate surface area is 163 Å². The molecule has 0 saturated carbocycles. The molecule has 0 aliphatic rings. The van der Waals surface area contributed by atoms with Crippen LogP contribution in [-0.2, 0) is 4.74 Å². The summed E-state index contributed by atoms with van der Waals surface area (Å²) in [4.78, 5) is 17.0. The van der Waals surface area contributed by atoms with Gasteiger partial charge in [0.2, 0.25) is 0 Å². The summed E-state index contributed by atoms with van der Waals surface area (Å²) >= 11 is 6.25. The van der Waals surface area contributed by atoms with Gasteiger partial charge in [-0.1, -0.05) is 23.7 Å². The van der Waals surface area contributed by atoms with Gasteiger partial charge < -0.3 is 14.8 Å². The van der Waals surface area contributed by atoms with Crippen LogP contribution in [0.25, 0.3) is 10.9 Å². The van der Waals surface area contributed by atoms with E-state index in [0.29, 0.717) is 28.6 Å². The minimum atomic E-state index is -0.434. The Morgan fingerprint density at radius 2 is 1.93 bits per heavy atom. The van der Waals surface area contributed by atoms with E-state index < -0.39 is 5.97 Å². The Kier molecular flexibility index (Phi) is 5.81. The Hall–Kier alpha value is -2.79. The zero-order valence-corrected chi connectivity index (χ0v) is 16.3. The maximum atomic E-state index is 12.5. The number of ether oxygens (including phenoxy) is 2. The van der Waals surface area contributed by atoms with E-state index in [-0.39, 0.29) is 6.61 Å². The number of esters is 1. The van der Waals surface area contributed by atoms with Gasteiger partial charge in [0, 0.05) is 16.6 Å². The number of aryl methyl sites for hydroxylation is 1. The molecular weight excluding hydrogens is 364 g/mol. The molecule has 6 heteroatoms. The molecule has 1 aromatic heterocycles. The summed E-state index contributed by atoms with van der Waals surface area (Å²) in [5, 5.41) is 4.76. The Bertz CT molecular complexity index is 989. The second-order valence-electron chi connectivity index (χ2n) is 5.89. The van der Waals surface area contributed by atoms with E-state index in [1.165, 1.54) is 6.20 Å². The van der Waals surface area contributed by atoms with Crippen LogP contribution in [0.2, 0.25) is 5.02 Å². The third-order valence-corrected chi connectivity index (χ3v) is 4.58. The minimum Gasteiger partial charge on any atom is -0.492 e. The summed E-state index contributed by atoms with van der Waals surface area (Å²) in [6, 6.07) is 11.2. The van der Waals surface area contributed by atoms with E-state index in [1.54, 1.807) is 13.0 Å². The number of aromatic nitrogens is 1. The highest BCUT2D eigenvalue weighted by atomic mass is 35.5. The van der Waals surface area contributed by atoms with Crippen molar-refractivity contribution in [2.24, 2.45) is 0 Å². The van der Waals surface area contributed by atoms with Crippen LogP contribution in [0, 0.1) is 6.92 Å². The van der Waals surface area contributed by atoms with Crippen LogP contribution >= 0.6 is 11.6 Å². The van der Waals surface area contributed by atoms with Crippen molar-refractivity contribution in [1.82, 2.24) is 4.98 Å². The first kappa shape index (κ1) is 19.0. The average molecular weight is 385 g/mol. The summed E-state index contributed by atoms with van der Waals surface area (Å²) in [5.74, 6) is 0.265. The van der Waals surface area contributed by atoms with Crippen molar-refractivity contribution in [3.05, 3.63) is 58.7 Å². The smallest absolute Gasteiger partial charge is 0.341 e. The number of halogens is 1. The number of anilines is 2. The second kappa shape index (κ2) is 8.27. The van der Waals surface area contributed by atoms with Crippen molar-refractivity contribution >= 4 is 39.8 Å². The molecule has 3 rings (SSSR count). The molecule has 1 N–H and O–H groups in total. The molecule has 0 saturated heterocycles. The van der Waals surface area contributed by atoms with E-state index in [1.807, 2.05) is 44.2 Å². The molecule has 1 heterocycles. The van der Waals surface area contributed by atoms with Gasteiger partial charge in [-0.15, -0.1) is 0 Å². The van der Waals surface area contributed by atoms with E-state index in [2.05, 4.69) is 10.3 Å². The van der Waals surface area contributed by atoms with Gasteiger partial charge in [0.15, 0.2) is 0 Å². The molecule has 27 heavy (non-hydrogen) atoms. The van der Waals surface area contributed by atoms with Crippen LogP contribution in [0.1, 0.15) is 29.8 Å². The van der Waals surface area contributed by atoms with Gasteiger partial charge in [0.05, 0.1) is 30.1 Å². The first-order chi connectivity index (χ1) is 13.1. The summed E-state index contributed by atoms with van der Waals surface area (Å²) in [7, 11) is 0. The molecule has 0 aliphatic heterocycles. The molecule has 0 amide bonds. The lowest BCUT2D eigenvalue weighted by Crippen LogP contribution is -2.10. The largest absolute Gasteiger partial charge is 0.492 e. The quantitative estimate of drug-likeness (QED) is 0.567. The average Bonchev–Trinajstić information content (AvgIpc) is 2.67. The molecule has 140 valence electrons. The molecule has 2 aromatic carbocycles. The number of hydrogen-bond donors (Lipinski definition) is 1. The highest BCUT2D eigenvalue weighted by Crippen LogP contribution is 2.36. The molecule has 0 aliphatic carbocycles. The summed E-state index contributed by atoms with van der Waals surface area (Å²) in [6.45, 7) is 6.42. The molecule has 3 aromatic rings. The van der Waals surface area contributed by atoms with Crippen molar-refractivity contribution in [3.63, 3.8) is 0 Å². The number of hydrogen-bond acceptors (Lipinski definition) is 5. The van der Waals surface area contributed by atoms with E-state index in [0.717, 1.165) is 22.2 Å².